The van der Waals surface area contributed by atoms with E-state index in [0.717, 1.165) is 43.6 Å². The van der Waals surface area contributed by atoms with Crippen molar-refractivity contribution in [3.05, 3.63) is 66.0 Å². The fourth-order valence-corrected chi connectivity index (χ4v) is 3.84. The van der Waals surface area contributed by atoms with Crippen LogP contribution >= 0.6 is 0 Å². The van der Waals surface area contributed by atoms with E-state index in [0.29, 0.717) is 11.5 Å². The Balaban J connectivity index is 1.19. The lowest BCUT2D eigenvalue weighted by molar-refractivity contribution is 0.0948. The van der Waals surface area contributed by atoms with E-state index in [2.05, 4.69) is 50.5 Å². The molecular weight excluding hydrogens is 336 g/mol. The molecule has 2 heterocycles. The monoisotopic (exact) mass is 362 g/mol. The number of nitrogens with one attached hydrogen (secondary N) is 2. The first-order valence-electron chi connectivity index (χ1n) is 9.75. The number of amides is 1. The average Bonchev–Trinajstić information content (AvgIpc) is 3.18. The zero-order valence-electron chi connectivity index (χ0n) is 15.5. The summed E-state index contributed by atoms with van der Waals surface area (Å²) in [6.07, 6.45) is 5.12. The Morgan fingerprint density at radius 1 is 1.15 bits per heavy atom. The van der Waals surface area contributed by atoms with Crippen molar-refractivity contribution < 1.29 is 4.79 Å². The van der Waals surface area contributed by atoms with Crippen LogP contribution in [0.3, 0.4) is 0 Å². The summed E-state index contributed by atoms with van der Waals surface area (Å²) in [5.41, 5.74) is 3.85. The smallest absolute Gasteiger partial charge is 0.251 e. The maximum atomic E-state index is 12.4. The maximum absolute atomic E-state index is 12.4. The summed E-state index contributed by atoms with van der Waals surface area (Å²) in [7, 11) is 0. The number of H-pyrrole nitrogens is 1. The summed E-state index contributed by atoms with van der Waals surface area (Å²) in [5, 5.41) is 3.07. The Hall–Kier alpha value is -2.66. The van der Waals surface area contributed by atoms with E-state index >= 15 is 0 Å². The molecule has 0 atom stereocenters. The number of carbonyl (C=O) groups is 1. The van der Waals surface area contributed by atoms with Gasteiger partial charge in [0.15, 0.2) is 0 Å². The number of hydrogen-bond donors (Lipinski definition) is 2. The van der Waals surface area contributed by atoms with E-state index in [4.69, 9.17) is 0 Å². The molecule has 1 aromatic heterocycles. The highest BCUT2D eigenvalue weighted by Crippen LogP contribution is 2.21. The molecule has 5 heteroatoms. The van der Waals surface area contributed by atoms with Crippen molar-refractivity contribution in [1.82, 2.24) is 20.2 Å². The third-order valence-electron chi connectivity index (χ3n) is 5.48. The molecule has 0 aliphatic carbocycles. The van der Waals surface area contributed by atoms with Crippen LogP contribution in [-0.4, -0.2) is 40.4 Å². The molecule has 2 aromatic carbocycles. The third-order valence-corrected chi connectivity index (χ3v) is 5.48. The van der Waals surface area contributed by atoms with Crippen LogP contribution in [0, 0.1) is 5.92 Å². The Bertz CT molecular complexity index is 881. The number of aromatic amines is 1. The van der Waals surface area contributed by atoms with Gasteiger partial charge >= 0.3 is 0 Å². The van der Waals surface area contributed by atoms with Gasteiger partial charge < -0.3 is 10.3 Å². The van der Waals surface area contributed by atoms with E-state index in [1.807, 2.05) is 18.2 Å². The third kappa shape index (κ3) is 4.55. The topological polar surface area (TPSA) is 61.0 Å². The zero-order chi connectivity index (χ0) is 18.5. The van der Waals surface area contributed by atoms with E-state index in [1.54, 1.807) is 6.33 Å². The first-order valence-corrected chi connectivity index (χ1v) is 9.75. The van der Waals surface area contributed by atoms with Crippen LogP contribution in [0.2, 0.25) is 0 Å². The fourth-order valence-electron chi connectivity index (χ4n) is 3.84. The number of benzene rings is 2. The van der Waals surface area contributed by atoms with Crippen LogP contribution in [0.25, 0.3) is 11.0 Å². The van der Waals surface area contributed by atoms with Gasteiger partial charge in [-0.3, -0.25) is 9.69 Å². The van der Waals surface area contributed by atoms with Gasteiger partial charge in [0.2, 0.25) is 0 Å². The van der Waals surface area contributed by atoms with Gasteiger partial charge in [0.05, 0.1) is 17.4 Å². The molecule has 3 aromatic rings. The second-order valence-electron chi connectivity index (χ2n) is 7.38. The quantitative estimate of drug-likeness (QED) is 0.704. The summed E-state index contributed by atoms with van der Waals surface area (Å²) in [6.45, 7) is 4.07. The molecule has 1 aliphatic rings. The molecule has 5 nitrogen and oxygen atoms in total. The number of hydrogen-bond acceptors (Lipinski definition) is 3. The molecule has 1 amide bonds. The number of nitrogens with zero attached hydrogens (tertiary/aromatic N) is 2. The summed E-state index contributed by atoms with van der Waals surface area (Å²) in [6, 6.07) is 16.2. The maximum Gasteiger partial charge on any atom is 0.251 e. The Kier molecular flexibility index (Phi) is 5.49. The largest absolute Gasteiger partial charge is 0.352 e. The molecule has 0 spiro atoms. The molecule has 0 unspecified atom stereocenters. The van der Waals surface area contributed by atoms with Crippen molar-refractivity contribution in [1.29, 1.82) is 0 Å². The number of rotatable bonds is 6. The summed E-state index contributed by atoms with van der Waals surface area (Å²) in [4.78, 5) is 22.1. The standard InChI is InChI=1S/C22H26N4O/c27-22(19-6-7-20-21(14-19)25-16-24-20)23-11-8-17-9-12-26(13-10-17)15-18-4-2-1-3-5-18/h1-7,14,16-17H,8-13,15H2,(H,23,27)(H,24,25). The molecule has 2 N–H and O–H groups in total. The minimum absolute atomic E-state index is 0.00647. The van der Waals surface area contributed by atoms with Gasteiger partial charge in [0.25, 0.3) is 5.91 Å². The van der Waals surface area contributed by atoms with Crippen molar-refractivity contribution in [2.45, 2.75) is 25.8 Å². The molecule has 1 fully saturated rings. The molecular formula is C22H26N4O. The van der Waals surface area contributed by atoms with Crippen LogP contribution in [0.15, 0.2) is 54.9 Å². The lowest BCUT2D eigenvalue weighted by Crippen LogP contribution is -2.34. The van der Waals surface area contributed by atoms with Gasteiger partial charge in [-0.2, -0.15) is 0 Å². The van der Waals surface area contributed by atoms with Crippen molar-refractivity contribution in [3.8, 4) is 0 Å². The second kappa shape index (κ2) is 8.35. The fraction of sp³-hybridized carbons (Fsp3) is 0.364. The van der Waals surface area contributed by atoms with Gasteiger partial charge in [-0.1, -0.05) is 30.3 Å². The van der Waals surface area contributed by atoms with Crippen LogP contribution in [0.1, 0.15) is 35.2 Å². The summed E-state index contributed by atoms with van der Waals surface area (Å²) in [5.74, 6) is 0.695. The number of carbonyl (C=O) groups excluding carboxylic acids is 1. The van der Waals surface area contributed by atoms with Gasteiger partial charge in [-0.05, 0) is 62.0 Å². The second-order valence-corrected chi connectivity index (χ2v) is 7.38. The Morgan fingerprint density at radius 2 is 1.96 bits per heavy atom. The number of fused-ring (bicyclic) bond motifs is 1. The number of imidazole rings is 1. The lowest BCUT2D eigenvalue weighted by atomic mass is 9.93. The van der Waals surface area contributed by atoms with Crippen LogP contribution in [0.5, 0.6) is 0 Å². The molecule has 0 saturated carbocycles. The van der Waals surface area contributed by atoms with Gasteiger partial charge in [0, 0.05) is 18.7 Å². The molecule has 140 valence electrons. The molecule has 0 radical (unpaired) electrons. The predicted molar refractivity (Wildman–Crippen MR) is 107 cm³/mol. The van der Waals surface area contributed by atoms with Gasteiger partial charge in [0.1, 0.15) is 0 Å². The molecule has 0 bridgehead atoms. The highest BCUT2D eigenvalue weighted by Gasteiger charge is 2.19. The van der Waals surface area contributed by atoms with Crippen molar-refractivity contribution in [3.63, 3.8) is 0 Å². The number of aromatic nitrogens is 2. The van der Waals surface area contributed by atoms with Crippen molar-refractivity contribution >= 4 is 16.9 Å². The Labute approximate surface area is 159 Å². The predicted octanol–water partition coefficient (Wildman–Crippen LogP) is 3.60. The summed E-state index contributed by atoms with van der Waals surface area (Å²) >= 11 is 0. The minimum Gasteiger partial charge on any atom is -0.352 e. The van der Waals surface area contributed by atoms with Crippen LogP contribution in [0.4, 0.5) is 0 Å². The molecule has 1 saturated heterocycles. The minimum atomic E-state index is -0.00647. The molecule has 27 heavy (non-hydrogen) atoms. The highest BCUT2D eigenvalue weighted by atomic mass is 16.1. The molecule has 4 rings (SSSR count). The van der Waals surface area contributed by atoms with E-state index in [9.17, 15) is 4.79 Å². The van der Waals surface area contributed by atoms with Crippen LogP contribution < -0.4 is 5.32 Å². The average molecular weight is 362 g/mol. The zero-order valence-corrected chi connectivity index (χ0v) is 15.5. The van der Waals surface area contributed by atoms with Gasteiger partial charge in [-0.15, -0.1) is 0 Å². The van der Waals surface area contributed by atoms with E-state index < -0.39 is 0 Å². The normalized spacial score (nSPS) is 15.9. The number of likely N-dealkylation sites (tertiary alicyclic amines) is 1. The molecule has 1 aliphatic heterocycles. The first-order chi connectivity index (χ1) is 13.3. The van der Waals surface area contributed by atoms with E-state index in [1.165, 1.54) is 18.4 Å². The summed E-state index contributed by atoms with van der Waals surface area (Å²) < 4.78 is 0. The van der Waals surface area contributed by atoms with Crippen molar-refractivity contribution in [2.24, 2.45) is 5.92 Å². The van der Waals surface area contributed by atoms with E-state index in [-0.39, 0.29) is 5.91 Å². The van der Waals surface area contributed by atoms with Crippen molar-refractivity contribution in [2.75, 3.05) is 19.6 Å². The lowest BCUT2D eigenvalue weighted by Gasteiger charge is -2.32. The Morgan fingerprint density at radius 3 is 2.78 bits per heavy atom. The van der Waals surface area contributed by atoms with Crippen LogP contribution in [-0.2, 0) is 6.54 Å². The first kappa shape index (κ1) is 17.7. The number of piperidine rings is 1. The SMILES string of the molecule is O=C(NCCC1CCN(Cc2ccccc2)CC1)c1ccc2nc[nH]c2c1. The highest BCUT2D eigenvalue weighted by molar-refractivity contribution is 5.97. The van der Waals surface area contributed by atoms with Gasteiger partial charge in [-0.25, -0.2) is 4.98 Å².